The number of ether oxygens (including phenoxy) is 1. The van der Waals surface area contributed by atoms with Crippen LogP contribution in [0.25, 0.3) is 0 Å². The highest BCUT2D eigenvalue weighted by molar-refractivity contribution is 5.94. The van der Waals surface area contributed by atoms with Crippen molar-refractivity contribution in [2.75, 3.05) is 13.2 Å². The topological polar surface area (TPSA) is 151 Å². The van der Waals surface area contributed by atoms with E-state index in [4.69, 9.17) is 9.94 Å². The van der Waals surface area contributed by atoms with Gasteiger partial charge < -0.3 is 15.2 Å². The fraction of sp³-hybridized carbons (Fsp3) is 0.300. The summed E-state index contributed by atoms with van der Waals surface area (Å²) in [5.41, 5.74) is 2.49. The smallest absolute Gasteiger partial charge is 0.269 e. The first kappa shape index (κ1) is 22.9. The number of aliphatic hydroxyl groups excluding tert-OH is 1. The van der Waals surface area contributed by atoms with Crippen LogP contribution in [0.3, 0.4) is 0 Å². The molecule has 0 aliphatic heterocycles. The number of nitrogens with zero attached hydrogens (tertiary/aromatic N) is 1. The number of nitrogens with one attached hydrogen (secondary N) is 2. The molecule has 2 atom stereocenters. The largest absolute Gasteiger partial charge is 0.394 e. The number of aliphatic hydroxyl groups is 1. The highest BCUT2D eigenvalue weighted by Crippen LogP contribution is 2.14. The number of carbonyl (C=O) groups excluding carboxylic acids is 2. The number of nitro benzene ring substituents is 1. The molecule has 2 aromatic rings. The van der Waals surface area contributed by atoms with Crippen molar-refractivity contribution in [3.8, 4) is 0 Å². The fourth-order valence-corrected chi connectivity index (χ4v) is 2.76. The number of amides is 2. The Balaban J connectivity index is 1.95. The van der Waals surface area contributed by atoms with Crippen molar-refractivity contribution in [2.45, 2.75) is 19.1 Å². The first-order valence-electron chi connectivity index (χ1n) is 9.16. The van der Waals surface area contributed by atoms with Crippen molar-refractivity contribution in [1.82, 2.24) is 10.8 Å². The van der Waals surface area contributed by atoms with E-state index in [-0.39, 0.29) is 30.9 Å². The van der Waals surface area contributed by atoms with Gasteiger partial charge in [-0.2, -0.15) is 0 Å². The third kappa shape index (κ3) is 6.92. The minimum absolute atomic E-state index is 0.0103. The second kappa shape index (κ2) is 11.6. The van der Waals surface area contributed by atoms with Crippen LogP contribution in [0, 0.1) is 16.0 Å². The molecular weight excluding hydrogens is 394 g/mol. The van der Waals surface area contributed by atoms with Crippen LogP contribution < -0.4 is 10.8 Å². The number of rotatable bonds is 11. The second-order valence-corrected chi connectivity index (χ2v) is 6.57. The van der Waals surface area contributed by atoms with E-state index in [0.29, 0.717) is 0 Å². The van der Waals surface area contributed by atoms with Gasteiger partial charge in [0.25, 0.3) is 11.6 Å². The number of hydroxylamine groups is 1. The quantitative estimate of drug-likeness (QED) is 0.245. The molecule has 2 unspecified atom stereocenters. The van der Waals surface area contributed by atoms with Gasteiger partial charge >= 0.3 is 0 Å². The van der Waals surface area contributed by atoms with Crippen molar-refractivity contribution >= 4 is 17.5 Å². The minimum Gasteiger partial charge on any atom is -0.394 e. The zero-order chi connectivity index (χ0) is 21.9. The molecule has 2 rings (SSSR count). The molecule has 0 aromatic heterocycles. The van der Waals surface area contributed by atoms with E-state index in [1.807, 2.05) is 30.3 Å². The van der Waals surface area contributed by atoms with Gasteiger partial charge in [0.1, 0.15) is 0 Å². The maximum absolute atomic E-state index is 12.3. The number of non-ortho nitro benzene ring substituents is 1. The lowest BCUT2D eigenvalue weighted by molar-refractivity contribution is -0.384. The van der Waals surface area contributed by atoms with Gasteiger partial charge in [-0.1, -0.05) is 30.3 Å². The van der Waals surface area contributed by atoms with Crippen LogP contribution in [0.5, 0.6) is 0 Å². The molecule has 0 aliphatic carbocycles. The Kier molecular flexibility index (Phi) is 8.88. The lowest BCUT2D eigenvalue weighted by Crippen LogP contribution is -2.42. The molecule has 0 saturated heterocycles. The number of hydrogen-bond donors (Lipinski definition) is 4. The van der Waals surface area contributed by atoms with E-state index in [1.165, 1.54) is 24.3 Å². The average molecular weight is 417 g/mol. The first-order valence-corrected chi connectivity index (χ1v) is 9.16. The summed E-state index contributed by atoms with van der Waals surface area (Å²) in [6.45, 7) is -0.229. The molecule has 0 saturated carbocycles. The van der Waals surface area contributed by atoms with Crippen LogP contribution in [0.15, 0.2) is 54.6 Å². The predicted molar refractivity (Wildman–Crippen MR) is 106 cm³/mol. The van der Waals surface area contributed by atoms with Gasteiger partial charge in [0.15, 0.2) is 0 Å². The third-order valence-corrected chi connectivity index (χ3v) is 4.38. The van der Waals surface area contributed by atoms with Crippen LogP contribution in [0.1, 0.15) is 22.3 Å². The van der Waals surface area contributed by atoms with Gasteiger partial charge in [0, 0.05) is 17.7 Å². The van der Waals surface area contributed by atoms with Crippen molar-refractivity contribution in [1.29, 1.82) is 0 Å². The summed E-state index contributed by atoms with van der Waals surface area (Å²) in [5.74, 6) is -2.09. The Morgan fingerprint density at radius 1 is 1.10 bits per heavy atom. The lowest BCUT2D eigenvalue weighted by Gasteiger charge is -2.22. The number of hydrogen-bond acceptors (Lipinski definition) is 7. The zero-order valence-electron chi connectivity index (χ0n) is 16.1. The summed E-state index contributed by atoms with van der Waals surface area (Å²) in [5, 5.41) is 31.9. The van der Waals surface area contributed by atoms with Gasteiger partial charge in [0.05, 0.1) is 36.7 Å². The van der Waals surface area contributed by atoms with Crippen molar-refractivity contribution in [3.05, 3.63) is 75.8 Å². The summed E-state index contributed by atoms with van der Waals surface area (Å²) < 4.78 is 5.55. The highest BCUT2D eigenvalue weighted by Gasteiger charge is 2.24. The van der Waals surface area contributed by atoms with Gasteiger partial charge in [-0.3, -0.25) is 24.9 Å². The summed E-state index contributed by atoms with van der Waals surface area (Å²) >= 11 is 0. The molecular formula is C20H23N3O7. The van der Waals surface area contributed by atoms with E-state index in [9.17, 15) is 24.8 Å². The third-order valence-electron chi connectivity index (χ3n) is 4.38. The summed E-state index contributed by atoms with van der Waals surface area (Å²) in [6.07, 6.45) is 0.0103. The normalized spacial score (nSPS) is 12.6. The Labute approximate surface area is 172 Å². The summed E-state index contributed by atoms with van der Waals surface area (Å²) in [7, 11) is 0. The van der Waals surface area contributed by atoms with E-state index in [0.717, 1.165) is 5.56 Å². The average Bonchev–Trinajstić information content (AvgIpc) is 2.77. The van der Waals surface area contributed by atoms with Crippen LogP contribution in [-0.4, -0.2) is 46.3 Å². The SMILES string of the molecule is O=C(NC(CO)CC(COCc1ccccc1)C(=O)NO)c1ccc([N+](=O)[O-])cc1. The Bertz CT molecular complexity index is 843. The first-order chi connectivity index (χ1) is 14.4. The molecule has 10 nitrogen and oxygen atoms in total. The summed E-state index contributed by atoms with van der Waals surface area (Å²) in [4.78, 5) is 34.4. The van der Waals surface area contributed by atoms with E-state index >= 15 is 0 Å². The van der Waals surface area contributed by atoms with E-state index in [2.05, 4.69) is 5.32 Å². The Morgan fingerprint density at radius 3 is 2.33 bits per heavy atom. The molecule has 0 bridgehead atoms. The molecule has 0 spiro atoms. The number of carbonyl (C=O) groups is 2. The molecule has 2 aromatic carbocycles. The van der Waals surface area contributed by atoms with Crippen molar-refractivity contribution in [2.24, 2.45) is 5.92 Å². The molecule has 160 valence electrons. The van der Waals surface area contributed by atoms with Crippen molar-refractivity contribution in [3.63, 3.8) is 0 Å². The number of nitro groups is 1. The number of benzene rings is 2. The maximum atomic E-state index is 12.3. The standard InChI is InChI=1S/C20H23N3O7/c24-11-17(21-19(25)15-6-8-18(9-7-15)23(28)29)10-16(20(26)22-27)13-30-12-14-4-2-1-3-5-14/h1-9,16-17,24,27H,10-13H2,(H,21,25)(H,22,26). The van der Waals surface area contributed by atoms with Crippen LogP contribution in [0.2, 0.25) is 0 Å². The Morgan fingerprint density at radius 2 is 1.77 bits per heavy atom. The molecule has 2 amide bonds. The second-order valence-electron chi connectivity index (χ2n) is 6.57. The summed E-state index contributed by atoms with van der Waals surface area (Å²) in [6, 6.07) is 13.5. The molecule has 0 heterocycles. The predicted octanol–water partition coefficient (Wildman–Crippen LogP) is 1.41. The van der Waals surface area contributed by atoms with Crippen LogP contribution in [0.4, 0.5) is 5.69 Å². The monoisotopic (exact) mass is 417 g/mol. The molecule has 4 N–H and O–H groups in total. The van der Waals surface area contributed by atoms with Crippen LogP contribution in [-0.2, 0) is 16.1 Å². The van der Waals surface area contributed by atoms with E-state index < -0.39 is 35.3 Å². The zero-order valence-corrected chi connectivity index (χ0v) is 16.1. The highest BCUT2D eigenvalue weighted by atomic mass is 16.6. The fourth-order valence-electron chi connectivity index (χ4n) is 2.76. The molecule has 30 heavy (non-hydrogen) atoms. The lowest BCUT2D eigenvalue weighted by atomic mass is 9.99. The molecule has 0 aliphatic rings. The van der Waals surface area contributed by atoms with E-state index in [1.54, 1.807) is 5.48 Å². The Hall–Kier alpha value is -3.34. The van der Waals surface area contributed by atoms with Gasteiger partial charge in [-0.05, 0) is 24.1 Å². The van der Waals surface area contributed by atoms with Gasteiger partial charge in [-0.15, -0.1) is 0 Å². The molecule has 0 radical (unpaired) electrons. The van der Waals surface area contributed by atoms with Gasteiger partial charge in [0.2, 0.25) is 5.91 Å². The maximum Gasteiger partial charge on any atom is 0.269 e. The minimum atomic E-state index is -0.826. The van der Waals surface area contributed by atoms with Gasteiger partial charge in [-0.25, -0.2) is 5.48 Å². The van der Waals surface area contributed by atoms with Crippen molar-refractivity contribution < 1.29 is 29.6 Å². The molecule has 10 heteroatoms. The van der Waals surface area contributed by atoms with Crippen LogP contribution >= 0.6 is 0 Å². The molecule has 0 fully saturated rings.